The Labute approximate surface area is 76.4 Å². The molecule has 0 radical (unpaired) electrons. The van der Waals surface area contributed by atoms with Gasteiger partial charge in [0.1, 0.15) is 0 Å². The normalized spacial score (nSPS) is 12.9. The average Bonchev–Trinajstić information content (AvgIpc) is 1.97. The summed E-state index contributed by atoms with van der Waals surface area (Å²) in [5.41, 5.74) is 0. The van der Waals surface area contributed by atoms with Crippen LogP contribution in [0.1, 0.15) is 6.42 Å². The predicted octanol–water partition coefficient (Wildman–Crippen LogP) is -0.691. The number of hydrogen-bond donors (Lipinski definition) is 3. The average molecular weight is 244 g/mol. The molecular formula is C5H11NO3SSe. The van der Waals surface area contributed by atoms with Crippen molar-refractivity contribution in [2.75, 3.05) is 12.0 Å². The molecule has 1 atom stereocenters. The van der Waals surface area contributed by atoms with Gasteiger partial charge in [0.15, 0.2) is 0 Å². The van der Waals surface area contributed by atoms with Crippen LogP contribution in [0, 0.1) is 0 Å². The van der Waals surface area contributed by atoms with Gasteiger partial charge in [0.25, 0.3) is 0 Å². The zero-order chi connectivity index (χ0) is 8.69. The van der Waals surface area contributed by atoms with Gasteiger partial charge in [-0.25, -0.2) is 0 Å². The van der Waals surface area contributed by atoms with Gasteiger partial charge in [-0.05, 0) is 0 Å². The summed E-state index contributed by atoms with van der Waals surface area (Å²) in [6.45, 7) is 0. The Morgan fingerprint density at radius 3 is 2.82 bits per heavy atom. The molecule has 0 aliphatic rings. The van der Waals surface area contributed by atoms with E-state index in [1.165, 1.54) is 0 Å². The zero-order valence-corrected chi connectivity index (χ0v) is 8.64. The van der Waals surface area contributed by atoms with E-state index in [1.54, 1.807) is 11.8 Å². The van der Waals surface area contributed by atoms with Gasteiger partial charge in [0, 0.05) is 0 Å². The minimum absolute atomic E-state index is 0.554. The van der Waals surface area contributed by atoms with Crippen molar-refractivity contribution in [1.82, 2.24) is 4.33 Å². The summed E-state index contributed by atoms with van der Waals surface area (Å²) in [6, 6.07) is -0.590. The number of carboxylic acids is 1. The van der Waals surface area contributed by atoms with Crippen molar-refractivity contribution in [3.8, 4) is 0 Å². The molecule has 1 unspecified atom stereocenters. The van der Waals surface area contributed by atoms with E-state index in [-0.39, 0.29) is 0 Å². The number of hydrogen-bond acceptors (Lipinski definition) is 4. The monoisotopic (exact) mass is 245 g/mol. The van der Waals surface area contributed by atoms with E-state index in [0.717, 1.165) is 5.75 Å². The van der Waals surface area contributed by atoms with Gasteiger partial charge in [0.05, 0.1) is 0 Å². The molecule has 6 heteroatoms. The van der Waals surface area contributed by atoms with Gasteiger partial charge in [-0.15, -0.1) is 0 Å². The summed E-state index contributed by atoms with van der Waals surface area (Å²) >= 11 is 0.833. The van der Waals surface area contributed by atoms with Crippen LogP contribution >= 0.6 is 11.8 Å². The third-order valence-corrected chi connectivity index (χ3v) is 2.57. The van der Waals surface area contributed by atoms with E-state index in [9.17, 15) is 4.79 Å². The van der Waals surface area contributed by atoms with E-state index >= 15 is 0 Å². The van der Waals surface area contributed by atoms with Gasteiger partial charge >= 0.3 is 76.1 Å². The molecule has 0 aliphatic heterocycles. The fourth-order valence-corrected chi connectivity index (χ4v) is 1.73. The third kappa shape index (κ3) is 5.52. The Morgan fingerprint density at radius 1 is 1.82 bits per heavy atom. The van der Waals surface area contributed by atoms with Crippen molar-refractivity contribution in [2.24, 2.45) is 0 Å². The van der Waals surface area contributed by atoms with E-state index in [0.29, 0.717) is 6.42 Å². The molecule has 0 aromatic heterocycles. The quantitative estimate of drug-likeness (QED) is 0.539. The predicted molar refractivity (Wildman–Crippen MR) is 45.5 cm³/mol. The standard InChI is InChI=1S/C5H11NO3SSe/c1-10-3-2-4(5(7)8)6-11-9/h4,6,9H,2-3H2,1H3,(H,7,8). The Bertz CT molecular complexity index is 124. The summed E-state index contributed by atoms with van der Waals surface area (Å²) in [5.74, 6) is -0.102. The second-order valence-electron chi connectivity index (χ2n) is 1.88. The Kier molecular flexibility index (Phi) is 7.10. The second kappa shape index (κ2) is 6.94. The van der Waals surface area contributed by atoms with Crippen molar-refractivity contribution >= 4 is 33.2 Å². The molecule has 3 N–H and O–H groups in total. The van der Waals surface area contributed by atoms with E-state index in [1.807, 2.05) is 6.26 Å². The molecule has 66 valence electrons. The first-order valence-corrected chi connectivity index (χ1v) is 6.01. The van der Waals surface area contributed by atoms with Crippen LogP contribution in [0.25, 0.3) is 0 Å². The van der Waals surface area contributed by atoms with Crippen LogP contribution in [0.4, 0.5) is 0 Å². The topological polar surface area (TPSA) is 69.6 Å². The Hall–Kier alpha value is 0.259. The number of carboxylic acid groups (broad SMARTS) is 1. The molecule has 0 aromatic carbocycles. The van der Waals surface area contributed by atoms with Gasteiger partial charge in [-0.3, -0.25) is 0 Å². The molecule has 4 nitrogen and oxygen atoms in total. The summed E-state index contributed by atoms with van der Waals surface area (Å²) in [4.78, 5) is 10.4. The molecule has 0 amide bonds. The summed E-state index contributed by atoms with van der Waals surface area (Å²) in [7, 11) is 0. The first-order valence-electron chi connectivity index (χ1n) is 3.00. The van der Waals surface area contributed by atoms with Gasteiger partial charge < -0.3 is 0 Å². The molecule has 0 rings (SSSR count). The molecule has 0 heterocycles. The number of nitrogens with one attached hydrogen (secondary N) is 1. The van der Waals surface area contributed by atoms with Crippen molar-refractivity contribution in [3.63, 3.8) is 0 Å². The van der Waals surface area contributed by atoms with Crippen LogP contribution in [0.2, 0.25) is 0 Å². The molecule has 0 saturated carbocycles. The number of carbonyl (C=O) groups is 1. The van der Waals surface area contributed by atoms with Crippen LogP contribution in [-0.2, 0) is 4.79 Å². The molecule has 0 saturated heterocycles. The molecule has 0 aromatic rings. The van der Waals surface area contributed by atoms with E-state index in [4.69, 9.17) is 9.30 Å². The van der Waals surface area contributed by atoms with Crippen LogP contribution in [-0.4, -0.2) is 48.8 Å². The zero-order valence-electron chi connectivity index (χ0n) is 6.11. The SMILES string of the molecule is CSCCC(N[Se]O)C(=O)O. The van der Waals surface area contributed by atoms with Gasteiger partial charge in [-0.1, -0.05) is 0 Å². The molecule has 0 bridgehead atoms. The number of aliphatic carboxylic acids is 1. The maximum absolute atomic E-state index is 10.4. The van der Waals surface area contributed by atoms with Crippen LogP contribution in [0.15, 0.2) is 0 Å². The van der Waals surface area contributed by atoms with Crippen molar-refractivity contribution < 1.29 is 14.1 Å². The molecule has 11 heavy (non-hydrogen) atoms. The van der Waals surface area contributed by atoms with Crippen LogP contribution in [0.5, 0.6) is 0 Å². The first kappa shape index (κ1) is 11.3. The first-order chi connectivity index (χ1) is 5.22. The summed E-state index contributed by atoms with van der Waals surface area (Å²) in [5, 5.41) is 8.56. The number of thioether (sulfide) groups is 1. The maximum atomic E-state index is 10.4. The minimum atomic E-state index is -0.894. The third-order valence-electron chi connectivity index (χ3n) is 1.10. The Balaban J connectivity index is 3.60. The van der Waals surface area contributed by atoms with Crippen molar-refractivity contribution in [3.05, 3.63) is 0 Å². The molecule has 0 aliphatic carbocycles. The fraction of sp³-hybridized carbons (Fsp3) is 0.800. The van der Waals surface area contributed by atoms with Crippen molar-refractivity contribution in [1.29, 1.82) is 0 Å². The molecule has 0 fully saturated rings. The van der Waals surface area contributed by atoms with Gasteiger partial charge in [0.2, 0.25) is 0 Å². The summed E-state index contributed by atoms with van der Waals surface area (Å²) in [6.07, 6.45) is 2.47. The fourth-order valence-electron chi connectivity index (χ4n) is 0.532. The Morgan fingerprint density at radius 2 is 2.45 bits per heavy atom. The summed E-state index contributed by atoms with van der Waals surface area (Å²) < 4.78 is 11.0. The van der Waals surface area contributed by atoms with E-state index in [2.05, 4.69) is 4.33 Å². The number of rotatable bonds is 6. The van der Waals surface area contributed by atoms with Crippen molar-refractivity contribution in [2.45, 2.75) is 12.5 Å². The van der Waals surface area contributed by atoms with E-state index < -0.39 is 27.5 Å². The van der Waals surface area contributed by atoms with Crippen LogP contribution < -0.4 is 4.33 Å². The molecule has 0 spiro atoms. The molecular weight excluding hydrogens is 233 g/mol. The van der Waals surface area contributed by atoms with Crippen LogP contribution in [0.3, 0.4) is 0 Å². The second-order valence-corrected chi connectivity index (χ2v) is 3.74. The van der Waals surface area contributed by atoms with Gasteiger partial charge in [-0.2, -0.15) is 0 Å².